The molecule has 0 radical (unpaired) electrons. The maximum absolute atomic E-state index is 10.6. The fraction of sp³-hybridized carbons (Fsp3) is 0.333. The van der Waals surface area contributed by atoms with Gasteiger partial charge in [-0.2, -0.15) is 9.97 Å². The molecule has 1 saturated heterocycles. The van der Waals surface area contributed by atoms with Crippen molar-refractivity contribution in [3.63, 3.8) is 0 Å². The minimum Gasteiger partial charge on any atom is -0.424 e. The highest BCUT2D eigenvalue weighted by Gasteiger charge is 2.43. The molecule has 0 spiro atoms. The van der Waals surface area contributed by atoms with Crippen LogP contribution in [0.4, 0.5) is 5.69 Å². The number of ether oxygens (including phenoxy) is 1. The van der Waals surface area contributed by atoms with Crippen LogP contribution in [0.2, 0.25) is 0 Å². The summed E-state index contributed by atoms with van der Waals surface area (Å²) in [6.07, 6.45) is 2.19. The van der Waals surface area contributed by atoms with Gasteiger partial charge in [-0.3, -0.25) is 10.1 Å². The van der Waals surface area contributed by atoms with Gasteiger partial charge in [0.1, 0.15) is 18.1 Å². The Hall–Kier alpha value is -2.52. The van der Waals surface area contributed by atoms with E-state index in [2.05, 4.69) is 9.97 Å². The Labute approximate surface area is 139 Å². The minimum atomic E-state index is -0.567. The third kappa shape index (κ3) is 3.36. The summed E-state index contributed by atoms with van der Waals surface area (Å²) in [6, 6.07) is 7.18. The molecule has 1 aliphatic heterocycles. The lowest BCUT2D eigenvalue weighted by atomic mass is 9.79. The van der Waals surface area contributed by atoms with E-state index in [4.69, 9.17) is 14.0 Å². The molecule has 3 rings (SSSR count). The fourth-order valence-corrected chi connectivity index (χ4v) is 2.15. The molecule has 9 heteroatoms. The van der Waals surface area contributed by atoms with Crippen molar-refractivity contribution >= 4 is 18.3 Å². The number of hydrogen-bond donors (Lipinski definition) is 0. The van der Waals surface area contributed by atoms with Crippen LogP contribution in [-0.2, 0) is 9.31 Å². The van der Waals surface area contributed by atoms with Gasteiger partial charge >= 0.3 is 18.8 Å². The topological polar surface area (TPSA) is 96.6 Å². The van der Waals surface area contributed by atoms with E-state index >= 15 is 0 Å². The second-order valence-corrected chi connectivity index (χ2v) is 5.98. The molecule has 1 unspecified atom stereocenters. The van der Waals surface area contributed by atoms with Crippen molar-refractivity contribution in [3.8, 4) is 11.8 Å². The first-order valence-electron chi connectivity index (χ1n) is 7.43. The Morgan fingerprint density at radius 1 is 1.25 bits per heavy atom. The second kappa shape index (κ2) is 6.18. The normalized spacial score (nSPS) is 19.3. The van der Waals surface area contributed by atoms with Crippen LogP contribution in [0.1, 0.15) is 20.8 Å². The standard InChI is InChI=1S/C15H16BN3O5/c1-10-15(2,3)24-16(23-10)11-4-6-13(7-5-11)22-14-17-8-12(9-18-14)19(20)21/h4-10H,1-3H3. The first-order valence-corrected chi connectivity index (χ1v) is 7.43. The van der Waals surface area contributed by atoms with Crippen LogP contribution in [-0.4, -0.2) is 33.7 Å². The summed E-state index contributed by atoms with van der Waals surface area (Å²) in [5, 5.41) is 10.6. The number of aromatic nitrogens is 2. The molecule has 1 fully saturated rings. The second-order valence-electron chi connectivity index (χ2n) is 5.98. The van der Waals surface area contributed by atoms with Gasteiger partial charge in [0.05, 0.1) is 16.6 Å². The Balaban J connectivity index is 1.68. The van der Waals surface area contributed by atoms with Gasteiger partial charge in [0.2, 0.25) is 0 Å². The number of hydrogen-bond acceptors (Lipinski definition) is 7. The van der Waals surface area contributed by atoms with Gasteiger partial charge in [0.15, 0.2) is 0 Å². The molecule has 8 nitrogen and oxygen atoms in total. The molecule has 0 aliphatic carbocycles. The largest absolute Gasteiger partial charge is 0.494 e. The van der Waals surface area contributed by atoms with Crippen molar-refractivity contribution in [2.24, 2.45) is 0 Å². The predicted octanol–water partition coefficient (Wildman–Crippen LogP) is 2.09. The summed E-state index contributed by atoms with van der Waals surface area (Å²) >= 11 is 0. The third-order valence-electron chi connectivity index (χ3n) is 3.90. The Morgan fingerprint density at radius 3 is 2.38 bits per heavy atom. The van der Waals surface area contributed by atoms with Gasteiger partial charge in [-0.25, -0.2) is 0 Å². The van der Waals surface area contributed by atoms with Gasteiger partial charge in [-0.15, -0.1) is 0 Å². The highest BCUT2D eigenvalue weighted by Crippen LogP contribution is 2.27. The molecule has 124 valence electrons. The number of nitro groups is 1. The molecular weight excluding hydrogens is 313 g/mol. The molecule has 1 aromatic heterocycles. The zero-order valence-electron chi connectivity index (χ0n) is 13.5. The molecule has 1 atom stereocenters. The summed E-state index contributed by atoms with van der Waals surface area (Å²) in [5.41, 5.74) is 0.348. The van der Waals surface area contributed by atoms with Crippen LogP contribution in [0.15, 0.2) is 36.7 Å². The van der Waals surface area contributed by atoms with Gasteiger partial charge < -0.3 is 14.0 Å². The third-order valence-corrected chi connectivity index (χ3v) is 3.90. The van der Waals surface area contributed by atoms with E-state index in [1.54, 1.807) is 12.1 Å². The molecule has 2 heterocycles. The first kappa shape index (κ1) is 16.3. The van der Waals surface area contributed by atoms with Crippen LogP contribution in [0.5, 0.6) is 11.8 Å². The summed E-state index contributed by atoms with van der Waals surface area (Å²) in [4.78, 5) is 17.6. The van der Waals surface area contributed by atoms with Crippen LogP contribution in [0, 0.1) is 10.1 Å². The zero-order valence-corrected chi connectivity index (χ0v) is 13.5. The van der Waals surface area contributed by atoms with Crippen LogP contribution < -0.4 is 10.2 Å². The van der Waals surface area contributed by atoms with E-state index in [0.29, 0.717) is 5.75 Å². The van der Waals surface area contributed by atoms with Crippen molar-refractivity contribution in [2.75, 3.05) is 0 Å². The molecule has 0 bridgehead atoms. The van der Waals surface area contributed by atoms with Crippen molar-refractivity contribution in [1.29, 1.82) is 0 Å². The molecule has 1 aromatic carbocycles. The minimum absolute atomic E-state index is 0.00747. The Morgan fingerprint density at radius 2 is 1.88 bits per heavy atom. The number of benzene rings is 1. The van der Waals surface area contributed by atoms with Gasteiger partial charge in [0, 0.05) is 0 Å². The van der Waals surface area contributed by atoms with Gasteiger partial charge in [-0.05, 0) is 38.4 Å². The number of rotatable bonds is 4. The van der Waals surface area contributed by atoms with Crippen molar-refractivity contribution in [3.05, 3.63) is 46.8 Å². The Bertz CT molecular complexity index is 736. The lowest BCUT2D eigenvalue weighted by molar-refractivity contribution is -0.385. The SMILES string of the molecule is CC1OB(c2ccc(Oc3ncc([N+](=O)[O-])cn3)cc2)OC1(C)C. The lowest BCUT2D eigenvalue weighted by Crippen LogP contribution is -2.34. The van der Waals surface area contributed by atoms with Crippen molar-refractivity contribution < 1.29 is 19.0 Å². The smallest absolute Gasteiger partial charge is 0.424 e. The van der Waals surface area contributed by atoms with Crippen LogP contribution >= 0.6 is 0 Å². The fourth-order valence-electron chi connectivity index (χ4n) is 2.15. The lowest BCUT2D eigenvalue weighted by Gasteiger charge is -2.21. The predicted molar refractivity (Wildman–Crippen MR) is 86.3 cm³/mol. The van der Waals surface area contributed by atoms with Crippen LogP contribution in [0.25, 0.3) is 0 Å². The highest BCUT2D eigenvalue weighted by molar-refractivity contribution is 6.62. The Kier molecular flexibility index (Phi) is 4.21. The molecule has 1 aliphatic rings. The quantitative estimate of drug-likeness (QED) is 0.481. The highest BCUT2D eigenvalue weighted by atomic mass is 16.7. The number of nitrogens with zero attached hydrogens (tertiary/aromatic N) is 3. The van der Waals surface area contributed by atoms with E-state index in [0.717, 1.165) is 17.9 Å². The van der Waals surface area contributed by atoms with Crippen molar-refractivity contribution in [1.82, 2.24) is 9.97 Å². The van der Waals surface area contributed by atoms with Crippen molar-refractivity contribution in [2.45, 2.75) is 32.5 Å². The molecule has 0 amide bonds. The van der Waals surface area contributed by atoms with Gasteiger partial charge in [0.25, 0.3) is 0 Å². The summed E-state index contributed by atoms with van der Waals surface area (Å²) < 4.78 is 17.2. The summed E-state index contributed by atoms with van der Waals surface area (Å²) in [7, 11) is -0.417. The monoisotopic (exact) mass is 329 g/mol. The molecule has 0 saturated carbocycles. The van der Waals surface area contributed by atoms with Crippen LogP contribution in [0.3, 0.4) is 0 Å². The average Bonchev–Trinajstić information content (AvgIpc) is 2.82. The molecular formula is C15H16BN3O5. The first-order chi connectivity index (χ1) is 11.3. The summed E-state index contributed by atoms with van der Waals surface area (Å²) in [6.45, 7) is 5.95. The maximum atomic E-state index is 10.6. The van der Waals surface area contributed by atoms with E-state index in [9.17, 15) is 10.1 Å². The van der Waals surface area contributed by atoms with Gasteiger partial charge in [-0.1, -0.05) is 12.1 Å². The molecule has 0 N–H and O–H groups in total. The van der Waals surface area contributed by atoms with E-state index < -0.39 is 12.0 Å². The average molecular weight is 329 g/mol. The van der Waals surface area contributed by atoms with E-state index in [1.165, 1.54) is 0 Å². The van der Waals surface area contributed by atoms with E-state index in [-0.39, 0.29) is 23.4 Å². The maximum Gasteiger partial charge on any atom is 0.494 e. The van der Waals surface area contributed by atoms with E-state index in [1.807, 2.05) is 32.9 Å². The zero-order chi connectivity index (χ0) is 17.3. The molecule has 2 aromatic rings. The summed E-state index contributed by atoms with van der Waals surface area (Å²) in [5.74, 6) is 0.512. The molecule has 24 heavy (non-hydrogen) atoms.